The second-order valence-electron chi connectivity index (χ2n) is 8.37. The van der Waals surface area contributed by atoms with Crippen LogP contribution < -0.4 is 5.32 Å². The number of aliphatic hydroxyl groups excluding tert-OH is 1. The van der Waals surface area contributed by atoms with Crippen LogP contribution >= 0.6 is 12.6 Å². The smallest absolute Gasteiger partial charge is 0.410 e. The molecule has 0 saturated carbocycles. The first kappa shape index (κ1) is 27.7. The molecule has 0 unspecified atom stereocenters. The number of nitrogens with zero attached hydrogens (tertiary/aromatic N) is 3. The van der Waals surface area contributed by atoms with E-state index in [-0.39, 0.29) is 49.3 Å². The van der Waals surface area contributed by atoms with Gasteiger partial charge in [-0.3, -0.25) is 20.2 Å². The fraction of sp³-hybridized carbons (Fsp3) is 0.391. The number of likely N-dealkylation sites (tertiary alicyclic amines) is 1. The number of alkyl carbamates (subject to hydrolysis) is 1. The van der Waals surface area contributed by atoms with Crippen molar-refractivity contribution in [2.45, 2.75) is 43.5 Å². The molecule has 0 aromatic heterocycles. The van der Waals surface area contributed by atoms with E-state index in [1.165, 1.54) is 53.4 Å². The highest BCUT2D eigenvalue weighted by molar-refractivity contribution is 7.81. The van der Waals surface area contributed by atoms with Crippen molar-refractivity contribution in [2.24, 2.45) is 0 Å². The van der Waals surface area contributed by atoms with Gasteiger partial charge in [0.2, 0.25) is 0 Å². The quantitative estimate of drug-likeness (QED) is 0.235. The van der Waals surface area contributed by atoms with Gasteiger partial charge in [0.25, 0.3) is 11.4 Å². The van der Waals surface area contributed by atoms with E-state index in [0.29, 0.717) is 17.5 Å². The van der Waals surface area contributed by atoms with Gasteiger partial charge in [-0.1, -0.05) is 0 Å². The molecule has 1 fully saturated rings. The van der Waals surface area contributed by atoms with Gasteiger partial charge in [0.15, 0.2) is 0 Å². The number of thiol groups is 1. The Morgan fingerprint density at radius 2 is 1.51 bits per heavy atom. The van der Waals surface area contributed by atoms with Gasteiger partial charge in [-0.05, 0) is 48.2 Å². The Labute approximate surface area is 217 Å². The second kappa shape index (κ2) is 12.9. The normalized spacial score (nSPS) is 17.6. The van der Waals surface area contributed by atoms with Crippen LogP contribution in [0, 0.1) is 20.2 Å². The molecule has 2 amide bonds. The lowest BCUT2D eigenvalue weighted by Gasteiger charge is -2.28. The molecule has 1 heterocycles. The van der Waals surface area contributed by atoms with Gasteiger partial charge < -0.3 is 24.8 Å². The zero-order chi connectivity index (χ0) is 26.9. The lowest BCUT2D eigenvalue weighted by atomic mass is 10.1. The van der Waals surface area contributed by atoms with Crippen LogP contribution in [0.1, 0.15) is 24.0 Å². The number of rotatable bonds is 10. The van der Waals surface area contributed by atoms with Gasteiger partial charge in [-0.15, -0.1) is 0 Å². The molecule has 0 spiro atoms. The maximum atomic E-state index is 12.6. The Bertz CT molecular complexity index is 1110. The molecule has 1 aliphatic rings. The third kappa shape index (κ3) is 8.05. The van der Waals surface area contributed by atoms with E-state index in [1.54, 1.807) is 0 Å². The predicted octanol–water partition coefficient (Wildman–Crippen LogP) is 3.19. The van der Waals surface area contributed by atoms with E-state index in [4.69, 9.17) is 9.47 Å². The summed E-state index contributed by atoms with van der Waals surface area (Å²) < 4.78 is 10.4. The van der Waals surface area contributed by atoms with Crippen molar-refractivity contribution in [3.8, 4) is 0 Å². The van der Waals surface area contributed by atoms with Crippen molar-refractivity contribution >= 4 is 36.2 Å². The monoisotopic (exact) mass is 534 g/mol. The number of non-ortho nitro benzene ring substituents is 2. The number of hydrogen-bond acceptors (Lipinski definition) is 10. The summed E-state index contributed by atoms with van der Waals surface area (Å²) in [6.07, 6.45) is -1.75. The van der Waals surface area contributed by atoms with E-state index >= 15 is 0 Å². The number of ether oxygens (including phenoxy) is 2. The van der Waals surface area contributed by atoms with Crippen LogP contribution in [-0.2, 0) is 22.7 Å². The Morgan fingerprint density at radius 3 is 2.03 bits per heavy atom. The second-order valence-corrected chi connectivity index (χ2v) is 9.10. The highest BCUT2D eigenvalue weighted by atomic mass is 32.1. The average Bonchev–Trinajstić information content (AvgIpc) is 3.28. The minimum atomic E-state index is -0.959. The lowest BCUT2D eigenvalue weighted by Crippen LogP contribution is -2.44. The van der Waals surface area contributed by atoms with Gasteiger partial charge in [-0.2, -0.15) is 12.6 Å². The van der Waals surface area contributed by atoms with Gasteiger partial charge >= 0.3 is 12.2 Å². The van der Waals surface area contributed by atoms with Crippen molar-refractivity contribution in [3.05, 3.63) is 79.9 Å². The van der Waals surface area contributed by atoms with Gasteiger partial charge in [0.1, 0.15) is 13.2 Å². The molecule has 198 valence electrons. The number of nitro benzene ring substituents is 2. The molecular weight excluding hydrogens is 508 g/mol. The third-order valence-electron chi connectivity index (χ3n) is 5.74. The van der Waals surface area contributed by atoms with Crippen molar-refractivity contribution in [3.63, 3.8) is 0 Å². The molecule has 0 radical (unpaired) electrons. The summed E-state index contributed by atoms with van der Waals surface area (Å²) in [6.45, 7) is 0.189. The molecule has 37 heavy (non-hydrogen) atoms. The first-order valence-electron chi connectivity index (χ1n) is 11.3. The van der Waals surface area contributed by atoms with Crippen molar-refractivity contribution < 1.29 is 34.0 Å². The van der Waals surface area contributed by atoms with Crippen molar-refractivity contribution in [1.29, 1.82) is 0 Å². The zero-order valence-corrected chi connectivity index (χ0v) is 20.5. The van der Waals surface area contributed by atoms with Crippen LogP contribution in [0.4, 0.5) is 21.0 Å². The fourth-order valence-electron chi connectivity index (χ4n) is 3.79. The van der Waals surface area contributed by atoms with Crippen LogP contribution in [0.3, 0.4) is 0 Å². The highest BCUT2D eigenvalue weighted by Crippen LogP contribution is 2.26. The zero-order valence-electron chi connectivity index (χ0n) is 19.6. The van der Waals surface area contributed by atoms with E-state index < -0.39 is 34.2 Å². The Balaban J connectivity index is 1.42. The Hall–Kier alpha value is -3.91. The molecule has 13 nitrogen and oxygen atoms in total. The molecule has 3 atom stereocenters. The van der Waals surface area contributed by atoms with Crippen LogP contribution in [0.5, 0.6) is 0 Å². The average molecular weight is 535 g/mol. The summed E-state index contributed by atoms with van der Waals surface area (Å²) in [4.78, 5) is 46.4. The molecule has 2 aromatic carbocycles. The SMILES string of the molecule is O=C(NCC[C@@H](O)[C@@H]1C[C@H](S)CN1C(=O)OCc1ccc([N+](=O)[O-])cc1)OCc1ccc([N+](=O)[O-])cc1. The topological polar surface area (TPSA) is 174 Å². The van der Waals surface area contributed by atoms with Crippen LogP contribution in [0.15, 0.2) is 48.5 Å². The summed E-state index contributed by atoms with van der Waals surface area (Å²) in [7, 11) is 0. The summed E-state index contributed by atoms with van der Waals surface area (Å²) in [5.74, 6) is 0. The van der Waals surface area contributed by atoms with Crippen molar-refractivity contribution in [2.75, 3.05) is 13.1 Å². The minimum absolute atomic E-state index is 0.0678. The van der Waals surface area contributed by atoms with Gasteiger partial charge in [0, 0.05) is 42.6 Å². The maximum Gasteiger partial charge on any atom is 0.410 e. The molecule has 2 aromatic rings. The number of nitrogens with one attached hydrogen (secondary N) is 1. The molecular formula is C23H26N4O9S. The number of nitro groups is 2. The lowest BCUT2D eigenvalue weighted by molar-refractivity contribution is -0.385. The molecule has 2 N–H and O–H groups in total. The van der Waals surface area contributed by atoms with E-state index in [9.17, 15) is 34.9 Å². The first-order valence-corrected chi connectivity index (χ1v) is 11.8. The number of aliphatic hydroxyl groups is 1. The van der Waals surface area contributed by atoms with E-state index in [1.807, 2.05) is 0 Å². The number of carbonyl (C=O) groups is 2. The number of carbonyl (C=O) groups excluding carboxylic acids is 2. The predicted molar refractivity (Wildman–Crippen MR) is 133 cm³/mol. The van der Waals surface area contributed by atoms with Crippen LogP contribution in [-0.4, -0.2) is 62.5 Å². The van der Waals surface area contributed by atoms with E-state index in [0.717, 1.165) is 0 Å². The van der Waals surface area contributed by atoms with Crippen LogP contribution in [0.25, 0.3) is 0 Å². The first-order chi connectivity index (χ1) is 17.6. The standard InChI is InChI=1S/C23H26N4O9S/c28-21(9-10-24-22(29)35-13-15-1-5-17(6-2-15)26(31)32)20-11-19(37)12-25(20)23(30)36-14-16-3-7-18(8-4-16)27(33)34/h1-8,19-21,28,37H,9-14H2,(H,24,29)/t19-,20-,21+/m0/s1. The summed E-state index contributed by atoms with van der Waals surface area (Å²) >= 11 is 4.42. The number of hydrogen-bond donors (Lipinski definition) is 3. The highest BCUT2D eigenvalue weighted by Gasteiger charge is 2.38. The summed E-state index contributed by atoms with van der Waals surface area (Å²) in [6, 6.07) is 10.7. The molecule has 1 aliphatic heterocycles. The largest absolute Gasteiger partial charge is 0.445 e. The van der Waals surface area contributed by atoms with Crippen molar-refractivity contribution in [1.82, 2.24) is 10.2 Å². The minimum Gasteiger partial charge on any atom is -0.445 e. The molecule has 1 saturated heterocycles. The third-order valence-corrected chi connectivity index (χ3v) is 6.11. The molecule has 0 bridgehead atoms. The maximum absolute atomic E-state index is 12.6. The fourth-order valence-corrected chi connectivity index (χ4v) is 4.18. The summed E-state index contributed by atoms with van der Waals surface area (Å²) in [5.41, 5.74) is 1.02. The van der Waals surface area contributed by atoms with E-state index in [2.05, 4.69) is 17.9 Å². The molecule has 0 aliphatic carbocycles. The number of amides is 2. The molecule has 14 heteroatoms. The Kier molecular flexibility index (Phi) is 9.63. The number of benzene rings is 2. The van der Waals surface area contributed by atoms with Gasteiger partial charge in [0.05, 0.1) is 22.0 Å². The molecule has 3 rings (SSSR count). The van der Waals surface area contributed by atoms with Gasteiger partial charge in [-0.25, -0.2) is 9.59 Å². The Morgan fingerprint density at radius 1 is 1.00 bits per heavy atom. The summed E-state index contributed by atoms with van der Waals surface area (Å²) in [5, 5.41) is 34.4. The van der Waals surface area contributed by atoms with Crippen LogP contribution in [0.2, 0.25) is 0 Å².